The Balaban J connectivity index is 2.57. The number of rotatable bonds is 5. The Morgan fingerprint density at radius 3 is 2.59 bits per heavy atom. The molecule has 0 amide bonds. The van der Waals surface area contributed by atoms with Gasteiger partial charge in [-0.15, -0.1) is 0 Å². The molecule has 94 valence electrons. The van der Waals surface area contributed by atoms with Crippen molar-refractivity contribution < 1.29 is 4.74 Å². The lowest BCUT2D eigenvalue weighted by Crippen LogP contribution is -2.31. The molecule has 1 aromatic carbocycles. The first-order chi connectivity index (χ1) is 7.83. The molecule has 0 heterocycles. The molecule has 0 atom stereocenters. The molecule has 3 heteroatoms. The van der Waals surface area contributed by atoms with E-state index in [1.54, 1.807) is 0 Å². The van der Waals surface area contributed by atoms with Gasteiger partial charge in [-0.2, -0.15) is 0 Å². The zero-order chi connectivity index (χ0) is 13.1. The minimum Gasteiger partial charge on any atom is -0.493 e. The highest BCUT2D eigenvalue weighted by atomic mass is 32.1. The van der Waals surface area contributed by atoms with Crippen LogP contribution in [0.3, 0.4) is 0 Å². The number of thiocarbonyl (C=S) groups is 1. The van der Waals surface area contributed by atoms with E-state index < -0.39 is 0 Å². The summed E-state index contributed by atoms with van der Waals surface area (Å²) in [5.74, 6) is 0.948. The van der Waals surface area contributed by atoms with Gasteiger partial charge < -0.3 is 10.5 Å². The van der Waals surface area contributed by atoms with E-state index in [9.17, 15) is 0 Å². The van der Waals surface area contributed by atoms with Gasteiger partial charge in [0.2, 0.25) is 0 Å². The van der Waals surface area contributed by atoms with Gasteiger partial charge in [0.1, 0.15) is 5.75 Å². The van der Waals surface area contributed by atoms with Gasteiger partial charge in [0, 0.05) is 5.41 Å². The van der Waals surface area contributed by atoms with Crippen LogP contribution in [0, 0.1) is 19.3 Å². The van der Waals surface area contributed by atoms with Crippen LogP contribution in [0.1, 0.15) is 31.4 Å². The molecule has 0 aliphatic carbocycles. The third kappa shape index (κ3) is 4.00. The first-order valence-electron chi connectivity index (χ1n) is 5.83. The Hall–Kier alpha value is -1.09. The molecule has 0 saturated carbocycles. The van der Waals surface area contributed by atoms with Crippen molar-refractivity contribution >= 4 is 17.2 Å². The van der Waals surface area contributed by atoms with Gasteiger partial charge in [0.15, 0.2) is 0 Å². The second kappa shape index (κ2) is 5.50. The van der Waals surface area contributed by atoms with Crippen molar-refractivity contribution in [2.75, 3.05) is 6.61 Å². The van der Waals surface area contributed by atoms with Crippen molar-refractivity contribution in [3.05, 3.63) is 29.3 Å². The largest absolute Gasteiger partial charge is 0.493 e. The molecular formula is C14H21NOS. The van der Waals surface area contributed by atoms with Gasteiger partial charge in [-0.05, 0) is 37.5 Å². The van der Waals surface area contributed by atoms with Crippen LogP contribution in [0.4, 0.5) is 0 Å². The predicted molar refractivity (Wildman–Crippen MR) is 76.6 cm³/mol. The van der Waals surface area contributed by atoms with Crippen molar-refractivity contribution in [3.63, 3.8) is 0 Å². The van der Waals surface area contributed by atoms with E-state index >= 15 is 0 Å². The lowest BCUT2D eigenvalue weighted by atomic mass is 9.90. The van der Waals surface area contributed by atoms with Crippen molar-refractivity contribution in [1.29, 1.82) is 0 Å². The molecule has 2 N–H and O–H groups in total. The Bertz CT molecular complexity index is 413. The van der Waals surface area contributed by atoms with Crippen molar-refractivity contribution in [2.24, 2.45) is 11.1 Å². The molecule has 2 nitrogen and oxygen atoms in total. The quantitative estimate of drug-likeness (QED) is 0.815. The summed E-state index contributed by atoms with van der Waals surface area (Å²) >= 11 is 5.03. The van der Waals surface area contributed by atoms with E-state index in [0.29, 0.717) is 11.6 Å². The summed E-state index contributed by atoms with van der Waals surface area (Å²) in [6.45, 7) is 8.83. The minimum absolute atomic E-state index is 0.146. The van der Waals surface area contributed by atoms with Crippen LogP contribution in [0.2, 0.25) is 0 Å². The fourth-order valence-corrected chi connectivity index (χ4v) is 1.50. The fourth-order valence-electron chi connectivity index (χ4n) is 1.40. The topological polar surface area (TPSA) is 35.2 Å². The number of hydrogen-bond acceptors (Lipinski definition) is 2. The summed E-state index contributed by atoms with van der Waals surface area (Å²) in [6.07, 6.45) is 0.829. The average Bonchev–Trinajstić information content (AvgIpc) is 2.22. The molecule has 0 fully saturated rings. The normalized spacial score (nSPS) is 11.3. The summed E-state index contributed by atoms with van der Waals surface area (Å²) in [5, 5.41) is 0. The smallest absolute Gasteiger partial charge is 0.122 e. The van der Waals surface area contributed by atoms with Gasteiger partial charge in [-0.1, -0.05) is 38.2 Å². The van der Waals surface area contributed by atoms with Crippen LogP contribution in [0.5, 0.6) is 5.75 Å². The predicted octanol–water partition coefficient (Wildman–Crippen LogP) is 3.38. The highest BCUT2D eigenvalue weighted by molar-refractivity contribution is 7.80. The zero-order valence-corrected chi connectivity index (χ0v) is 11.9. The van der Waals surface area contributed by atoms with E-state index in [4.69, 9.17) is 22.7 Å². The maximum absolute atomic E-state index is 5.79. The van der Waals surface area contributed by atoms with E-state index in [2.05, 4.69) is 25.1 Å². The molecule has 17 heavy (non-hydrogen) atoms. The van der Waals surface area contributed by atoms with E-state index in [1.807, 2.05) is 20.8 Å². The number of hydrogen-bond donors (Lipinski definition) is 1. The van der Waals surface area contributed by atoms with Crippen LogP contribution >= 0.6 is 12.2 Å². The summed E-state index contributed by atoms with van der Waals surface area (Å²) in [6, 6.07) is 6.22. The van der Waals surface area contributed by atoms with Crippen LogP contribution in [0.15, 0.2) is 18.2 Å². The van der Waals surface area contributed by atoms with E-state index in [1.165, 1.54) is 5.56 Å². The molecule has 0 aliphatic rings. The fraction of sp³-hybridized carbons (Fsp3) is 0.500. The third-order valence-electron chi connectivity index (χ3n) is 3.00. The monoisotopic (exact) mass is 251 g/mol. The maximum Gasteiger partial charge on any atom is 0.122 e. The Morgan fingerprint density at radius 1 is 1.35 bits per heavy atom. The first kappa shape index (κ1) is 14.0. The molecule has 0 radical (unpaired) electrons. The molecular weight excluding hydrogens is 230 g/mol. The average molecular weight is 251 g/mol. The standard InChI is InChI=1S/C14H21NOS/c1-10-5-6-11(2)12(9-10)16-8-7-14(3,4)13(15)17/h5-6,9H,7-8H2,1-4H3,(H2,15,17). The maximum atomic E-state index is 5.79. The van der Waals surface area contributed by atoms with E-state index in [-0.39, 0.29) is 5.41 Å². The number of ether oxygens (including phenoxy) is 1. The molecule has 0 unspecified atom stereocenters. The van der Waals surface area contributed by atoms with Crippen molar-refractivity contribution in [3.8, 4) is 5.75 Å². The summed E-state index contributed by atoms with van der Waals surface area (Å²) < 4.78 is 5.79. The Labute approximate surface area is 109 Å². The minimum atomic E-state index is -0.146. The zero-order valence-electron chi connectivity index (χ0n) is 11.0. The summed E-state index contributed by atoms with van der Waals surface area (Å²) in [4.78, 5) is 0.544. The molecule has 0 aliphatic heterocycles. The SMILES string of the molecule is Cc1ccc(C)c(OCCC(C)(C)C(N)=S)c1. The molecule has 0 spiro atoms. The Morgan fingerprint density at radius 2 is 2.00 bits per heavy atom. The second-order valence-electron chi connectivity index (χ2n) is 5.12. The lowest BCUT2D eigenvalue weighted by Gasteiger charge is -2.23. The molecule has 0 bridgehead atoms. The number of aryl methyl sites for hydroxylation is 2. The number of nitrogens with two attached hydrogens (primary N) is 1. The van der Waals surface area contributed by atoms with Gasteiger partial charge >= 0.3 is 0 Å². The number of benzene rings is 1. The van der Waals surface area contributed by atoms with Crippen molar-refractivity contribution in [1.82, 2.24) is 0 Å². The van der Waals surface area contributed by atoms with Crippen LogP contribution in [-0.4, -0.2) is 11.6 Å². The summed E-state index contributed by atoms with van der Waals surface area (Å²) in [5.41, 5.74) is 7.90. The van der Waals surface area contributed by atoms with Crippen LogP contribution in [-0.2, 0) is 0 Å². The Kier molecular flexibility index (Phi) is 4.52. The first-order valence-corrected chi connectivity index (χ1v) is 6.24. The van der Waals surface area contributed by atoms with Crippen LogP contribution in [0.25, 0.3) is 0 Å². The molecule has 0 aromatic heterocycles. The highest BCUT2D eigenvalue weighted by Gasteiger charge is 2.21. The van der Waals surface area contributed by atoms with Gasteiger partial charge in [-0.3, -0.25) is 0 Å². The van der Waals surface area contributed by atoms with Gasteiger partial charge in [-0.25, -0.2) is 0 Å². The molecule has 1 aromatic rings. The summed E-state index contributed by atoms with van der Waals surface area (Å²) in [7, 11) is 0. The highest BCUT2D eigenvalue weighted by Crippen LogP contribution is 2.23. The van der Waals surface area contributed by atoms with E-state index in [0.717, 1.165) is 17.7 Å². The second-order valence-corrected chi connectivity index (χ2v) is 5.56. The van der Waals surface area contributed by atoms with Gasteiger partial charge in [0.25, 0.3) is 0 Å². The molecule has 1 rings (SSSR count). The van der Waals surface area contributed by atoms with Gasteiger partial charge in [0.05, 0.1) is 11.6 Å². The van der Waals surface area contributed by atoms with Crippen molar-refractivity contribution in [2.45, 2.75) is 34.1 Å². The lowest BCUT2D eigenvalue weighted by molar-refractivity contribution is 0.269. The van der Waals surface area contributed by atoms with Crippen LogP contribution < -0.4 is 10.5 Å². The third-order valence-corrected chi connectivity index (χ3v) is 3.55. The molecule has 0 saturated heterocycles.